The van der Waals surface area contributed by atoms with Crippen LogP contribution in [0.4, 0.5) is 14.4 Å². The van der Waals surface area contributed by atoms with Crippen LogP contribution in [0.5, 0.6) is 0 Å². The van der Waals surface area contributed by atoms with E-state index in [9.17, 15) is 19.2 Å². The zero-order valence-corrected chi connectivity index (χ0v) is 9.12. The second-order valence-corrected chi connectivity index (χ2v) is 3.27. The van der Waals surface area contributed by atoms with Crippen molar-refractivity contribution in [1.29, 1.82) is 0 Å². The molecule has 7 amide bonds. The van der Waals surface area contributed by atoms with Crippen LogP contribution in [0.3, 0.4) is 0 Å². The van der Waals surface area contributed by atoms with Crippen molar-refractivity contribution < 1.29 is 24.3 Å². The number of nitrogens with two attached hydrogens (primary N) is 2. The Kier molecular flexibility index (Phi) is 3.89. The van der Waals surface area contributed by atoms with Crippen LogP contribution in [0.25, 0.3) is 0 Å². The van der Waals surface area contributed by atoms with Crippen molar-refractivity contribution in [3.63, 3.8) is 0 Å². The number of nitrogens with one attached hydrogen (secondary N) is 2. The molecule has 1 aliphatic heterocycles. The van der Waals surface area contributed by atoms with E-state index in [1.807, 2.05) is 0 Å². The minimum Gasteiger partial charge on any atom is -0.376 e. The summed E-state index contributed by atoms with van der Waals surface area (Å²) >= 11 is 0. The number of imide groups is 1. The number of primary amides is 2. The summed E-state index contributed by atoms with van der Waals surface area (Å²) in [6.45, 7) is -1.29. The molecule has 0 bridgehead atoms. The van der Waals surface area contributed by atoms with Crippen LogP contribution in [0.15, 0.2) is 0 Å². The van der Waals surface area contributed by atoms with Gasteiger partial charge in [0.1, 0.15) is 6.73 Å². The number of hydrogen-bond acceptors (Lipinski definition) is 5. The van der Waals surface area contributed by atoms with Gasteiger partial charge in [-0.3, -0.25) is 9.69 Å². The first-order chi connectivity index (χ1) is 8.38. The summed E-state index contributed by atoms with van der Waals surface area (Å²) in [6, 6.07) is -2.86. The molecule has 1 unspecified atom stereocenters. The Morgan fingerprint density at radius 3 is 2.44 bits per heavy atom. The lowest BCUT2D eigenvalue weighted by molar-refractivity contribution is -0.132. The predicted octanol–water partition coefficient (Wildman–Crippen LogP) is -3.18. The normalized spacial score (nSPS) is 18.5. The molecular weight excluding hydrogens is 248 g/mol. The van der Waals surface area contributed by atoms with Crippen molar-refractivity contribution >= 4 is 24.0 Å². The number of amides is 7. The van der Waals surface area contributed by atoms with Crippen molar-refractivity contribution in [2.45, 2.75) is 6.17 Å². The van der Waals surface area contributed by atoms with Gasteiger partial charge in [-0.15, -0.1) is 0 Å². The molecule has 1 rings (SSSR count). The second kappa shape index (κ2) is 5.18. The van der Waals surface area contributed by atoms with E-state index in [1.165, 1.54) is 0 Å². The smallest absolute Gasteiger partial charge is 0.328 e. The van der Waals surface area contributed by atoms with Crippen molar-refractivity contribution in [2.75, 3.05) is 13.4 Å². The van der Waals surface area contributed by atoms with Gasteiger partial charge in [-0.25, -0.2) is 19.3 Å². The molecule has 0 aromatic carbocycles. The molecule has 100 valence electrons. The maximum Gasteiger partial charge on any atom is 0.328 e. The fraction of sp³-hybridized carbons (Fsp3) is 0.429. The highest BCUT2D eigenvalue weighted by Gasteiger charge is 2.42. The summed E-state index contributed by atoms with van der Waals surface area (Å²) < 4.78 is 0. The first-order valence-corrected chi connectivity index (χ1v) is 4.70. The Hall–Kier alpha value is -2.56. The van der Waals surface area contributed by atoms with Gasteiger partial charge in [0.2, 0.25) is 0 Å². The van der Waals surface area contributed by atoms with E-state index in [-0.39, 0.29) is 0 Å². The highest BCUT2D eigenvalue weighted by atomic mass is 16.3. The molecule has 1 atom stereocenters. The maximum atomic E-state index is 11.6. The number of urea groups is 3. The van der Waals surface area contributed by atoms with E-state index in [1.54, 1.807) is 0 Å². The molecule has 7 N–H and O–H groups in total. The Bertz CT molecular complexity index is 398. The van der Waals surface area contributed by atoms with Gasteiger partial charge >= 0.3 is 18.1 Å². The zero-order valence-electron chi connectivity index (χ0n) is 9.12. The van der Waals surface area contributed by atoms with Crippen LogP contribution in [-0.2, 0) is 4.79 Å². The van der Waals surface area contributed by atoms with Crippen LogP contribution in [0.1, 0.15) is 0 Å². The predicted molar refractivity (Wildman–Crippen MR) is 55.3 cm³/mol. The standard InChI is InChI=1S/C7H12N6O5/c8-5(16)10-1-12(6(9)17)3-4(15)13(2-14)7(18)11-3/h3,14H,1-2H2,(H2,9,17)(H,11,18)(H3,8,10,16). The number of hydrogen-bond donors (Lipinski definition) is 5. The molecule has 11 nitrogen and oxygen atoms in total. The minimum atomic E-state index is -1.39. The average molecular weight is 260 g/mol. The van der Waals surface area contributed by atoms with Gasteiger partial charge in [-0.1, -0.05) is 0 Å². The lowest BCUT2D eigenvalue weighted by Gasteiger charge is -2.24. The van der Waals surface area contributed by atoms with E-state index in [0.29, 0.717) is 9.80 Å². The van der Waals surface area contributed by atoms with Crippen LogP contribution in [-0.4, -0.2) is 58.5 Å². The van der Waals surface area contributed by atoms with Crippen molar-refractivity contribution in [1.82, 2.24) is 20.4 Å². The van der Waals surface area contributed by atoms with Gasteiger partial charge in [-0.2, -0.15) is 0 Å². The third kappa shape index (κ3) is 2.57. The largest absolute Gasteiger partial charge is 0.376 e. The molecule has 1 heterocycles. The van der Waals surface area contributed by atoms with Gasteiger partial charge in [0.25, 0.3) is 5.91 Å². The van der Waals surface area contributed by atoms with Crippen LogP contribution >= 0.6 is 0 Å². The molecule has 0 aromatic rings. The Labute approximate surface area is 101 Å². The quantitative estimate of drug-likeness (QED) is 0.264. The summed E-state index contributed by atoms with van der Waals surface area (Å²) in [5.41, 5.74) is 9.81. The third-order valence-corrected chi connectivity index (χ3v) is 2.17. The molecule has 18 heavy (non-hydrogen) atoms. The van der Waals surface area contributed by atoms with E-state index in [2.05, 4.69) is 10.6 Å². The molecule has 0 spiro atoms. The summed E-state index contributed by atoms with van der Waals surface area (Å²) in [5, 5.41) is 13.0. The molecular formula is C7H12N6O5. The third-order valence-electron chi connectivity index (χ3n) is 2.17. The molecule has 11 heteroatoms. The summed E-state index contributed by atoms with van der Waals surface area (Å²) in [6.07, 6.45) is -1.39. The van der Waals surface area contributed by atoms with Crippen LogP contribution in [0, 0.1) is 0 Å². The van der Waals surface area contributed by atoms with E-state index in [4.69, 9.17) is 16.6 Å². The topological polar surface area (TPSA) is 171 Å². The number of rotatable bonds is 4. The van der Waals surface area contributed by atoms with Crippen molar-refractivity contribution in [2.24, 2.45) is 11.5 Å². The Balaban J connectivity index is 2.81. The highest BCUT2D eigenvalue weighted by Crippen LogP contribution is 2.09. The van der Waals surface area contributed by atoms with Crippen LogP contribution < -0.4 is 22.1 Å². The monoisotopic (exact) mass is 260 g/mol. The van der Waals surface area contributed by atoms with Crippen molar-refractivity contribution in [3.8, 4) is 0 Å². The maximum absolute atomic E-state index is 11.6. The number of carbonyl (C=O) groups excluding carboxylic acids is 4. The van der Waals surface area contributed by atoms with Crippen LogP contribution in [0.2, 0.25) is 0 Å². The molecule has 1 saturated heterocycles. The minimum absolute atomic E-state index is 0.458. The van der Waals surface area contributed by atoms with Crippen molar-refractivity contribution in [3.05, 3.63) is 0 Å². The lowest BCUT2D eigenvalue weighted by atomic mass is 10.4. The van der Waals surface area contributed by atoms with E-state index < -0.39 is 43.6 Å². The van der Waals surface area contributed by atoms with Gasteiger partial charge in [-0.05, 0) is 0 Å². The fourth-order valence-corrected chi connectivity index (χ4v) is 1.31. The average Bonchev–Trinajstić information content (AvgIpc) is 2.53. The van der Waals surface area contributed by atoms with E-state index in [0.717, 1.165) is 0 Å². The molecule has 0 radical (unpaired) electrons. The molecule has 1 aliphatic rings. The van der Waals surface area contributed by atoms with Gasteiger partial charge < -0.3 is 27.2 Å². The lowest BCUT2D eigenvalue weighted by Crippen LogP contribution is -2.56. The summed E-state index contributed by atoms with van der Waals surface area (Å²) in [4.78, 5) is 45.7. The number of carbonyl (C=O) groups is 4. The highest BCUT2D eigenvalue weighted by molar-refractivity contribution is 6.05. The number of aliphatic hydroxyl groups is 1. The SMILES string of the molecule is NC(=O)NCN(C(N)=O)C1NC(=O)N(CO)C1=O. The first-order valence-electron chi connectivity index (χ1n) is 4.70. The Morgan fingerprint density at radius 1 is 1.44 bits per heavy atom. The van der Waals surface area contributed by atoms with Gasteiger partial charge in [0, 0.05) is 0 Å². The molecule has 0 saturated carbocycles. The van der Waals surface area contributed by atoms with E-state index >= 15 is 0 Å². The second-order valence-electron chi connectivity index (χ2n) is 3.27. The molecule has 0 aromatic heterocycles. The number of nitrogens with zero attached hydrogens (tertiary/aromatic N) is 2. The fourth-order valence-electron chi connectivity index (χ4n) is 1.31. The first kappa shape index (κ1) is 13.5. The zero-order chi connectivity index (χ0) is 13.9. The van der Waals surface area contributed by atoms with Gasteiger partial charge in [0.05, 0.1) is 6.67 Å². The summed E-state index contributed by atoms with van der Waals surface area (Å²) in [5.74, 6) is -0.868. The number of aliphatic hydroxyl groups excluding tert-OH is 1. The Morgan fingerprint density at radius 2 is 2.06 bits per heavy atom. The van der Waals surface area contributed by atoms with Gasteiger partial charge in [0.15, 0.2) is 6.17 Å². The summed E-state index contributed by atoms with van der Waals surface area (Å²) in [7, 11) is 0. The molecule has 0 aliphatic carbocycles. The molecule has 1 fully saturated rings.